The third-order valence-electron chi connectivity index (χ3n) is 2.69. The first-order valence-electron chi connectivity index (χ1n) is 5.68. The molecule has 0 aliphatic carbocycles. The molecule has 4 nitrogen and oxygen atoms in total. The lowest BCUT2D eigenvalue weighted by Gasteiger charge is -2.12. The maximum atomic E-state index is 5.93. The van der Waals surface area contributed by atoms with Crippen LogP contribution in [0.25, 0.3) is 0 Å². The number of nitrogen functional groups attached to an aromatic ring is 1. The number of nitrogens with one attached hydrogen (secondary N) is 1. The Bertz CT molecular complexity index is 588. The van der Waals surface area contributed by atoms with Gasteiger partial charge in [0.2, 0.25) is 0 Å². The highest BCUT2D eigenvalue weighted by Crippen LogP contribution is 2.32. The van der Waals surface area contributed by atoms with E-state index in [1.165, 1.54) is 0 Å². The molecule has 0 aromatic heterocycles. The second kappa shape index (κ2) is 5.84. The van der Waals surface area contributed by atoms with E-state index in [2.05, 4.69) is 21.2 Å². The van der Waals surface area contributed by atoms with Gasteiger partial charge in [-0.25, -0.2) is 0 Å². The third-order valence-corrected chi connectivity index (χ3v) is 3.31. The number of hydrogen-bond acceptors (Lipinski definition) is 4. The number of methoxy groups -OCH3 is 2. The summed E-state index contributed by atoms with van der Waals surface area (Å²) in [6, 6.07) is 11.2. The van der Waals surface area contributed by atoms with Gasteiger partial charge in [0, 0.05) is 11.8 Å². The van der Waals surface area contributed by atoms with Crippen molar-refractivity contribution in [2.75, 3.05) is 25.3 Å². The summed E-state index contributed by atoms with van der Waals surface area (Å²) in [5.74, 6) is 1.54. The van der Waals surface area contributed by atoms with Crippen molar-refractivity contribution in [3.63, 3.8) is 0 Å². The largest absolute Gasteiger partial charge is 0.497 e. The van der Waals surface area contributed by atoms with Crippen LogP contribution in [0.15, 0.2) is 40.9 Å². The molecule has 0 saturated heterocycles. The van der Waals surface area contributed by atoms with E-state index in [4.69, 9.17) is 15.2 Å². The van der Waals surface area contributed by atoms with Crippen molar-refractivity contribution in [3.05, 3.63) is 40.9 Å². The van der Waals surface area contributed by atoms with Gasteiger partial charge in [0.15, 0.2) is 0 Å². The standard InChI is InChI=1S/C14H15BrN2O2/c1-18-10-4-5-12(16)13(8-10)17-9-3-6-14(19-2)11(15)7-9/h3-8,17H,16H2,1-2H3. The average Bonchev–Trinajstić information content (AvgIpc) is 2.41. The Morgan fingerprint density at radius 2 is 1.84 bits per heavy atom. The molecular weight excluding hydrogens is 308 g/mol. The van der Waals surface area contributed by atoms with E-state index in [9.17, 15) is 0 Å². The molecule has 2 aromatic rings. The molecule has 0 aliphatic rings. The minimum atomic E-state index is 0.660. The topological polar surface area (TPSA) is 56.5 Å². The van der Waals surface area contributed by atoms with E-state index < -0.39 is 0 Å². The van der Waals surface area contributed by atoms with Gasteiger partial charge in [0.05, 0.1) is 30.1 Å². The summed E-state index contributed by atoms with van der Waals surface area (Å²) < 4.78 is 11.3. The van der Waals surface area contributed by atoms with E-state index >= 15 is 0 Å². The molecule has 0 heterocycles. The number of rotatable bonds is 4. The molecule has 0 amide bonds. The van der Waals surface area contributed by atoms with Gasteiger partial charge in [-0.15, -0.1) is 0 Å². The number of benzene rings is 2. The predicted molar refractivity (Wildman–Crippen MR) is 81.4 cm³/mol. The van der Waals surface area contributed by atoms with Gasteiger partial charge in [-0.05, 0) is 46.3 Å². The first-order chi connectivity index (χ1) is 9.13. The second-order valence-electron chi connectivity index (χ2n) is 3.93. The molecule has 0 saturated carbocycles. The van der Waals surface area contributed by atoms with E-state index in [0.29, 0.717) is 5.69 Å². The number of hydrogen-bond donors (Lipinski definition) is 2. The molecule has 0 bridgehead atoms. The van der Waals surface area contributed by atoms with Gasteiger partial charge < -0.3 is 20.5 Å². The van der Waals surface area contributed by atoms with Gasteiger partial charge in [-0.3, -0.25) is 0 Å². The third kappa shape index (κ3) is 3.12. The summed E-state index contributed by atoms with van der Waals surface area (Å²) in [6.45, 7) is 0. The summed E-state index contributed by atoms with van der Waals surface area (Å²) in [4.78, 5) is 0. The lowest BCUT2D eigenvalue weighted by molar-refractivity contribution is 0.412. The quantitative estimate of drug-likeness (QED) is 0.841. The van der Waals surface area contributed by atoms with Crippen molar-refractivity contribution in [1.29, 1.82) is 0 Å². The zero-order chi connectivity index (χ0) is 13.8. The van der Waals surface area contributed by atoms with Crippen molar-refractivity contribution in [2.24, 2.45) is 0 Å². The monoisotopic (exact) mass is 322 g/mol. The molecule has 0 aliphatic heterocycles. The fourth-order valence-corrected chi connectivity index (χ4v) is 2.21. The first kappa shape index (κ1) is 13.5. The van der Waals surface area contributed by atoms with Gasteiger partial charge in [0.25, 0.3) is 0 Å². The second-order valence-corrected chi connectivity index (χ2v) is 4.78. The molecule has 100 valence electrons. The summed E-state index contributed by atoms with van der Waals surface area (Å²) in [5.41, 5.74) is 8.30. The molecule has 0 spiro atoms. The number of halogens is 1. The van der Waals surface area contributed by atoms with Crippen LogP contribution in [0.1, 0.15) is 0 Å². The molecule has 2 aromatic carbocycles. The zero-order valence-corrected chi connectivity index (χ0v) is 12.3. The Hall–Kier alpha value is -1.88. The molecule has 0 unspecified atom stereocenters. The summed E-state index contributed by atoms with van der Waals surface area (Å²) in [6.07, 6.45) is 0. The fourth-order valence-electron chi connectivity index (χ4n) is 1.67. The summed E-state index contributed by atoms with van der Waals surface area (Å²) in [7, 11) is 3.26. The van der Waals surface area contributed by atoms with Crippen LogP contribution < -0.4 is 20.5 Å². The molecule has 3 N–H and O–H groups in total. The van der Waals surface area contributed by atoms with Crippen molar-refractivity contribution >= 4 is 33.0 Å². The lowest BCUT2D eigenvalue weighted by Crippen LogP contribution is -1.97. The first-order valence-corrected chi connectivity index (χ1v) is 6.47. The minimum absolute atomic E-state index is 0.660. The normalized spacial score (nSPS) is 10.1. The molecular formula is C14H15BrN2O2. The van der Waals surface area contributed by atoms with E-state index in [0.717, 1.165) is 27.3 Å². The molecule has 19 heavy (non-hydrogen) atoms. The Labute approximate surface area is 120 Å². The zero-order valence-electron chi connectivity index (χ0n) is 10.7. The van der Waals surface area contributed by atoms with Gasteiger partial charge >= 0.3 is 0 Å². The van der Waals surface area contributed by atoms with Crippen LogP contribution in [-0.4, -0.2) is 14.2 Å². The number of ether oxygens (including phenoxy) is 2. The highest BCUT2D eigenvalue weighted by molar-refractivity contribution is 9.10. The smallest absolute Gasteiger partial charge is 0.133 e. The van der Waals surface area contributed by atoms with E-state index in [1.54, 1.807) is 20.3 Å². The van der Waals surface area contributed by atoms with E-state index in [-0.39, 0.29) is 0 Å². The Morgan fingerprint density at radius 3 is 2.47 bits per heavy atom. The molecule has 0 radical (unpaired) electrons. The molecule has 5 heteroatoms. The summed E-state index contributed by atoms with van der Waals surface area (Å²) >= 11 is 3.45. The van der Waals surface area contributed by atoms with Crippen molar-refractivity contribution in [2.45, 2.75) is 0 Å². The van der Waals surface area contributed by atoms with Crippen molar-refractivity contribution in [1.82, 2.24) is 0 Å². The molecule has 0 fully saturated rings. The predicted octanol–water partition coefficient (Wildman–Crippen LogP) is 3.79. The Kier molecular flexibility index (Phi) is 4.16. The van der Waals surface area contributed by atoms with Crippen LogP contribution in [0.4, 0.5) is 17.1 Å². The Morgan fingerprint density at radius 1 is 1.05 bits per heavy atom. The van der Waals surface area contributed by atoms with Crippen LogP contribution in [-0.2, 0) is 0 Å². The highest BCUT2D eigenvalue weighted by Gasteiger charge is 2.05. The lowest BCUT2D eigenvalue weighted by atomic mass is 10.2. The van der Waals surface area contributed by atoms with Crippen LogP contribution in [0.5, 0.6) is 11.5 Å². The van der Waals surface area contributed by atoms with Crippen LogP contribution in [0.2, 0.25) is 0 Å². The average molecular weight is 323 g/mol. The van der Waals surface area contributed by atoms with Crippen LogP contribution >= 0.6 is 15.9 Å². The van der Waals surface area contributed by atoms with Crippen LogP contribution in [0, 0.1) is 0 Å². The minimum Gasteiger partial charge on any atom is -0.497 e. The Balaban J connectivity index is 2.28. The summed E-state index contributed by atoms with van der Waals surface area (Å²) in [5, 5.41) is 3.25. The van der Waals surface area contributed by atoms with Gasteiger partial charge in [-0.2, -0.15) is 0 Å². The number of nitrogens with two attached hydrogens (primary N) is 1. The fraction of sp³-hybridized carbons (Fsp3) is 0.143. The maximum Gasteiger partial charge on any atom is 0.133 e. The molecule has 2 rings (SSSR count). The highest BCUT2D eigenvalue weighted by atomic mass is 79.9. The SMILES string of the molecule is COc1ccc(N)c(Nc2ccc(OC)c(Br)c2)c1. The van der Waals surface area contributed by atoms with Gasteiger partial charge in [0.1, 0.15) is 11.5 Å². The maximum absolute atomic E-state index is 5.93. The molecule has 0 atom stereocenters. The van der Waals surface area contributed by atoms with Gasteiger partial charge in [-0.1, -0.05) is 0 Å². The van der Waals surface area contributed by atoms with Crippen molar-refractivity contribution < 1.29 is 9.47 Å². The van der Waals surface area contributed by atoms with Crippen molar-refractivity contribution in [3.8, 4) is 11.5 Å². The van der Waals surface area contributed by atoms with Crippen LogP contribution in [0.3, 0.4) is 0 Å². The number of anilines is 3. The van der Waals surface area contributed by atoms with E-state index in [1.807, 2.05) is 30.3 Å².